The average Bonchev–Trinajstić information content (AvgIpc) is 3.44. The number of thiazole rings is 1. The highest BCUT2D eigenvalue weighted by Crippen LogP contribution is 2.33. The molecular weight excluding hydrogens is 439 g/mol. The van der Waals surface area contributed by atoms with Crippen LogP contribution >= 0.6 is 11.3 Å². The Morgan fingerprint density at radius 1 is 1.00 bits per heavy atom. The number of carbonyl (C=O) groups excluding carboxylic acids is 1. The quantitative estimate of drug-likeness (QED) is 0.351. The summed E-state index contributed by atoms with van der Waals surface area (Å²) in [7, 11) is 0. The van der Waals surface area contributed by atoms with Crippen molar-refractivity contribution < 1.29 is 9.18 Å². The molecule has 0 saturated heterocycles. The van der Waals surface area contributed by atoms with Crippen LogP contribution in [0.5, 0.6) is 0 Å². The predicted octanol–water partition coefficient (Wildman–Crippen LogP) is 4.50. The zero-order chi connectivity index (χ0) is 22.6. The number of rotatable bonds is 7. The minimum absolute atomic E-state index is 0.130. The summed E-state index contributed by atoms with van der Waals surface area (Å²) in [5.41, 5.74) is 3.64. The molecule has 2 N–H and O–H groups in total. The number of imidazole rings is 1. The molecule has 5 aromatic rings. The maximum Gasteiger partial charge on any atom is 0.251 e. The molecule has 3 aromatic heterocycles. The van der Waals surface area contributed by atoms with E-state index in [1.165, 1.54) is 23.5 Å². The Morgan fingerprint density at radius 2 is 1.82 bits per heavy atom. The van der Waals surface area contributed by atoms with Crippen molar-refractivity contribution in [3.63, 3.8) is 0 Å². The van der Waals surface area contributed by atoms with Crippen LogP contribution in [0, 0.1) is 5.82 Å². The molecule has 0 saturated carbocycles. The van der Waals surface area contributed by atoms with Gasteiger partial charge in [0.15, 0.2) is 4.96 Å². The fourth-order valence-corrected chi connectivity index (χ4v) is 4.17. The monoisotopic (exact) mass is 458 g/mol. The first-order valence-electron chi connectivity index (χ1n) is 10.3. The Bertz CT molecular complexity index is 1400. The van der Waals surface area contributed by atoms with Gasteiger partial charge in [-0.1, -0.05) is 18.2 Å². The summed E-state index contributed by atoms with van der Waals surface area (Å²) in [6, 6.07) is 17.1. The van der Waals surface area contributed by atoms with Crippen LogP contribution in [-0.2, 0) is 0 Å². The summed E-state index contributed by atoms with van der Waals surface area (Å²) in [6.07, 6.45) is 3.61. The Morgan fingerprint density at radius 3 is 2.64 bits per heavy atom. The molecule has 0 radical (unpaired) electrons. The molecule has 0 fully saturated rings. The van der Waals surface area contributed by atoms with Crippen LogP contribution in [-0.4, -0.2) is 38.3 Å². The number of aromatic nitrogens is 4. The van der Waals surface area contributed by atoms with Crippen molar-refractivity contribution in [2.24, 2.45) is 0 Å². The Kier molecular flexibility index (Phi) is 5.77. The number of nitrogens with one attached hydrogen (secondary N) is 2. The van der Waals surface area contributed by atoms with E-state index < -0.39 is 0 Å². The fourth-order valence-electron chi connectivity index (χ4n) is 3.46. The van der Waals surface area contributed by atoms with Gasteiger partial charge in [-0.2, -0.15) is 0 Å². The number of nitrogens with zero attached hydrogens (tertiary/aromatic N) is 4. The number of halogens is 1. The van der Waals surface area contributed by atoms with E-state index in [2.05, 4.69) is 20.6 Å². The molecule has 1 amide bonds. The highest BCUT2D eigenvalue weighted by atomic mass is 32.1. The lowest BCUT2D eigenvalue weighted by molar-refractivity contribution is 0.0955. The lowest BCUT2D eigenvalue weighted by Crippen LogP contribution is -2.29. The summed E-state index contributed by atoms with van der Waals surface area (Å²) >= 11 is 1.52. The van der Waals surface area contributed by atoms with E-state index in [-0.39, 0.29) is 11.7 Å². The SMILES string of the molecule is O=C(NCCNc1nccc(-c2c(-c3ccc(F)cc3)nc3sccn23)n1)c1ccccc1. The van der Waals surface area contributed by atoms with Crippen LogP contribution in [0.15, 0.2) is 78.4 Å². The molecule has 5 rings (SSSR count). The highest BCUT2D eigenvalue weighted by Gasteiger charge is 2.18. The van der Waals surface area contributed by atoms with E-state index >= 15 is 0 Å². The van der Waals surface area contributed by atoms with Crippen molar-refractivity contribution in [3.8, 4) is 22.6 Å². The highest BCUT2D eigenvalue weighted by molar-refractivity contribution is 7.15. The molecule has 0 aliphatic rings. The van der Waals surface area contributed by atoms with E-state index in [1.54, 1.807) is 30.5 Å². The third-order valence-corrected chi connectivity index (χ3v) is 5.76. The normalized spacial score (nSPS) is 10.9. The lowest BCUT2D eigenvalue weighted by Gasteiger charge is -2.09. The first-order chi connectivity index (χ1) is 16.2. The summed E-state index contributed by atoms with van der Waals surface area (Å²) in [5, 5.41) is 7.97. The molecule has 3 heterocycles. The minimum atomic E-state index is -0.297. The van der Waals surface area contributed by atoms with Gasteiger partial charge in [0.1, 0.15) is 11.5 Å². The maximum atomic E-state index is 13.4. The van der Waals surface area contributed by atoms with E-state index in [1.807, 2.05) is 40.2 Å². The van der Waals surface area contributed by atoms with Crippen molar-refractivity contribution in [2.75, 3.05) is 18.4 Å². The van der Waals surface area contributed by atoms with Crippen molar-refractivity contribution in [2.45, 2.75) is 0 Å². The number of anilines is 1. The number of hydrogen-bond donors (Lipinski definition) is 2. The molecule has 33 heavy (non-hydrogen) atoms. The Balaban J connectivity index is 1.34. The number of carbonyl (C=O) groups is 1. The van der Waals surface area contributed by atoms with Crippen LogP contribution in [0.25, 0.3) is 27.6 Å². The topological polar surface area (TPSA) is 84.2 Å². The molecular formula is C24H19FN6OS. The van der Waals surface area contributed by atoms with Gasteiger partial charge in [-0.3, -0.25) is 9.20 Å². The first-order valence-corrected chi connectivity index (χ1v) is 11.2. The Labute approximate surface area is 193 Å². The van der Waals surface area contributed by atoms with Crippen LogP contribution in [0.3, 0.4) is 0 Å². The Hall–Kier alpha value is -4.11. The standard InChI is InChI=1S/C24H19FN6OS/c25-18-8-6-16(7-9-18)20-21(31-14-15-33-24(31)30-20)19-10-11-27-23(29-19)28-13-12-26-22(32)17-4-2-1-3-5-17/h1-11,14-15H,12-13H2,(H,26,32)(H,27,28,29). The molecule has 9 heteroatoms. The van der Waals surface area contributed by atoms with Gasteiger partial charge in [0.05, 0.1) is 11.4 Å². The van der Waals surface area contributed by atoms with Crippen molar-refractivity contribution in [1.82, 2.24) is 24.7 Å². The van der Waals surface area contributed by atoms with Crippen molar-refractivity contribution >= 4 is 28.2 Å². The molecule has 164 valence electrons. The maximum absolute atomic E-state index is 13.4. The fraction of sp³-hybridized carbons (Fsp3) is 0.0833. The van der Waals surface area contributed by atoms with E-state index in [4.69, 9.17) is 4.98 Å². The molecule has 2 aromatic carbocycles. The molecule has 7 nitrogen and oxygen atoms in total. The number of benzene rings is 2. The van der Waals surface area contributed by atoms with Gasteiger partial charge in [-0.05, 0) is 42.5 Å². The minimum Gasteiger partial charge on any atom is -0.352 e. The third-order valence-electron chi connectivity index (χ3n) is 5.01. The molecule has 0 bridgehead atoms. The van der Waals surface area contributed by atoms with Crippen LogP contribution < -0.4 is 10.6 Å². The molecule has 0 aliphatic heterocycles. The van der Waals surface area contributed by atoms with E-state index in [0.717, 1.165) is 21.9 Å². The van der Waals surface area contributed by atoms with Gasteiger partial charge in [-0.15, -0.1) is 11.3 Å². The zero-order valence-electron chi connectivity index (χ0n) is 17.4. The molecule has 0 unspecified atom stereocenters. The van der Waals surface area contributed by atoms with E-state index in [9.17, 15) is 9.18 Å². The van der Waals surface area contributed by atoms with Crippen LogP contribution in [0.4, 0.5) is 10.3 Å². The molecule has 0 atom stereocenters. The number of fused-ring (bicyclic) bond motifs is 1. The summed E-state index contributed by atoms with van der Waals surface area (Å²) < 4.78 is 15.4. The number of amides is 1. The van der Waals surface area contributed by atoms with Crippen LogP contribution in [0.2, 0.25) is 0 Å². The zero-order valence-corrected chi connectivity index (χ0v) is 18.2. The van der Waals surface area contributed by atoms with Crippen molar-refractivity contribution in [3.05, 3.63) is 89.8 Å². The molecule has 0 aliphatic carbocycles. The summed E-state index contributed by atoms with van der Waals surface area (Å²) in [6.45, 7) is 0.886. The first kappa shape index (κ1) is 20.8. The van der Waals surface area contributed by atoms with Gasteiger partial charge in [0.2, 0.25) is 5.95 Å². The second-order valence-electron chi connectivity index (χ2n) is 7.19. The largest absolute Gasteiger partial charge is 0.352 e. The van der Waals surface area contributed by atoms with Gasteiger partial charge in [-0.25, -0.2) is 19.3 Å². The summed E-state index contributed by atoms with van der Waals surface area (Å²) in [4.78, 5) is 26.7. The second-order valence-corrected chi connectivity index (χ2v) is 8.06. The second kappa shape index (κ2) is 9.17. The van der Waals surface area contributed by atoms with Gasteiger partial charge >= 0.3 is 0 Å². The average molecular weight is 459 g/mol. The summed E-state index contributed by atoms with van der Waals surface area (Å²) in [5.74, 6) is 0.0148. The number of hydrogen-bond acceptors (Lipinski definition) is 6. The third kappa shape index (κ3) is 4.44. The predicted molar refractivity (Wildman–Crippen MR) is 127 cm³/mol. The van der Waals surface area contributed by atoms with E-state index in [0.29, 0.717) is 30.3 Å². The van der Waals surface area contributed by atoms with Crippen molar-refractivity contribution in [1.29, 1.82) is 0 Å². The lowest BCUT2D eigenvalue weighted by atomic mass is 10.1. The van der Waals surface area contributed by atoms with Crippen LogP contribution in [0.1, 0.15) is 10.4 Å². The van der Waals surface area contributed by atoms with Gasteiger partial charge in [0.25, 0.3) is 5.91 Å². The van der Waals surface area contributed by atoms with Gasteiger partial charge in [0, 0.05) is 42.0 Å². The van der Waals surface area contributed by atoms with Gasteiger partial charge < -0.3 is 10.6 Å². The molecule has 0 spiro atoms. The smallest absolute Gasteiger partial charge is 0.251 e.